The van der Waals surface area contributed by atoms with Crippen LogP contribution in [-0.4, -0.2) is 56.0 Å². The number of amides is 1. The summed E-state index contributed by atoms with van der Waals surface area (Å²) < 4.78 is 19.8. The maximum atomic E-state index is 12.0. The number of carbonyl (C=O) groups excluding carboxylic acids is 4. The Labute approximate surface area is 165 Å². The minimum atomic E-state index is -1.25. The van der Waals surface area contributed by atoms with E-state index < -0.39 is 23.6 Å². The first-order valence-electron chi connectivity index (χ1n) is 8.74. The van der Waals surface area contributed by atoms with E-state index in [0.29, 0.717) is 0 Å². The van der Waals surface area contributed by atoms with Crippen molar-refractivity contribution in [3.8, 4) is 0 Å². The smallest absolute Gasteiger partial charge is 0.407 e. The van der Waals surface area contributed by atoms with Gasteiger partial charge in [0.2, 0.25) is 0 Å². The van der Waals surface area contributed by atoms with Crippen LogP contribution in [-0.2, 0) is 33.3 Å². The molecule has 1 N–H and O–H groups in total. The largest absolute Gasteiger partial charge is 0.462 e. The molecule has 1 unspecified atom stereocenters. The van der Waals surface area contributed by atoms with Crippen molar-refractivity contribution in [2.75, 3.05) is 26.4 Å². The Kier molecular flexibility index (Phi) is 11.3. The number of carbonyl (C=O) groups is 4. The maximum absolute atomic E-state index is 12.0. The summed E-state index contributed by atoms with van der Waals surface area (Å²) in [6, 6.07) is 0. The van der Waals surface area contributed by atoms with Crippen molar-refractivity contribution >= 4 is 24.0 Å². The van der Waals surface area contributed by atoms with Gasteiger partial charge in [0.15, 0.2) is 0 Å². The lowest BCUT2D eigenvalue weighted by molar-refractivity contribution is -0.150. The van der Waals surface area contributed by atoms with Gasteiger partial charge in [0.05, 0.1) is 5.92 Å². The van der Waals surface area contributed by atoms with Gasteiger partial charge in [-0.1, -0.05) is 33.9 Å². The van der Waals surface area contributed by atoms with Crippen LogP contribution in [0.1, 0.15) is 27.7 Å². The minimum absolute atomic E-state index is 0.100. The van der Waals surface area contributed by atoms with Crippen molar-refractivity contribution in [1.29, 1.82) is 0 Å². The lowest BCUT2D eigenvalue weighted by atomic mass is 9.99. The molecule has 1 atom stereocenters. The Morgan fingerprint density at radius 2 is 1.36 bits per heavy atom. The van der Waals surface area contributed by atoms with Gasteiger partial charge < -0.3 is 24.3 Å². The Morgan fingerprint density at radius 3 is 1.79 bits per heavy atom. The van der Waals surface area contributed by atoms with Crippen LogP contribution in [0.25, 0.3) is 0 Å². The highest BCUT2D eigenvalue weighted by Gasteiger charge is 2.31. The summed E-state index contributed by atoms with van der Waals surface area (Å²) in [5, 5.41) is 2.46. The Bertz CT molecular complexity index is 560. The van der Waals surface area contributed by atoms with Gasteiger partial charge in [0.25, 0.3) is 0 Å². The van der Waals surface area contributed by atoms with E-state index in [2.05, 4.69) is 18.5 Å². The fraction of sp³-hybridized carbons (Fsp3) is 0.579. The molecule has 0 aromatic rings. The average Bonchev–Trinajstić information content (AvgIpc) is 2.66. The normalized spacial score (nSPS) is 11.8. The van der Waals surface area contributed by atoms with Crippen LogP contribution < -0.4 is 5.32 Å². The van der Waals surface area contributed by atoms with Crippen molar-refractivity contribution < 1.29 is 38.1 Å². The van der Waals surface area contributed by atoms with Crippen molar-refractivity contribution in [3.05, 3.63) is 25.3 Å². The molecule has 0 radical (unpaired) electrons. The number of hydrogen-bond donors (Lipinski definition) is 1. The first-order valence-corrected chi connectivity index (χ1v) is 8.74. The van der Waals surface area contributed by atoms with E-state index in [1.165, 1.54) is 6.92 Å². The highest BCUT2D eigenvalue weighted by atomic mass is 16.6. The predicted molar refractivity (Wildman–Crippen MR) is 100 cm³/mol. The molecule has 0 heterocycles. The highest BCUT2D eigenvalue weighted by molar-refractivity contribution is 5.82. The molecule has 0 spiro atoms. The van der Waals surface area contributed by atoms with Crippen LogP contribution in [0.3, 0.4) is 0 Å². The summed E-state index contributed by atoms with van der Waals surface area (Å²) in [7, 11) is 0. The third-order valence-corrected chi connectivity index (χ3v) is 3.74. The van der Waals surface area contributed by atoms with Crippen LogP contribution in [0.2, 0.25) is 0 Å². The number of esters is 3. The van der Waals surface area contributed by atoms with Crippen LogP contribution >= 0.6 is 0 Å². The monoisotopic (exact) mass is 399 g/mol. The zero-order chi connectivity index (χ0) is 21.7. The number of hydrogen-bond acceptors (Lipinski definition) is 8. The zero-order valence-electron chi connectivity index (χ0n) is 16.8. The molecule has 0 aliphatic heterocycles. The van der Waals surface area contributed by atoms with Gasteiger partial charge in [-0.2, -0.15) is 0 Å². The van der Waals surface area contributed by atoms with E-state index in [4.69, 9.17) is 18.9 Å². The van der Waals surface area contributed by atoms with Crippen LogP contribution in [0.15, 0.2) is 25.3 Å². The molecule has 0 bridgehead atoms. The molecular weight excluding hydrogens is 370 g/mol. The van der Waals surface area contributed by atoms with Gasteiger partial charge >= 0.3 is 24.0 Å². The van der Waals surface area contributed by atoms with E-state index in [1.54, 1.807) is 6.92 Å². The number of ether oxygens (including phenoxy) is 4. The molecule has 0 fully saturated rings. The van der Waals surface area contributed by atoms with Crippen LogP contribution in [0.4, 0.5) is 4.79 Å². The minimum Gasteiger partial charge on any atom is -0.462 e. The van der Waals surface area contributed by atoms with E-state index >= 15 is 0 Å². The Morgan fingerprint density at radius 1 is 0.893 bits per heavy atom. The summed E-state index contributed by atoms with van der Waals surface area (Å²) >= 11 is 0. The SMILES string of the molecule is C=CC(=O)OCC(C)(COC(=O)C=C)NC(=O)OCCOC(=O)C(C)C(C)C. The van der Waals surface area contributed by atoms with Crippen molar-refractivity contribution in [1.82, 2.24) is 5.32 Å². The zero-order valence-corrected chi connectivity index (χ0v) is 16.8. The Hall–Kier alpha value is -2.84. The van der Waals surface area contributed by atoms with Gasteiger partial charge in [-0.25, -0.2) is 14.4 Å². The molecule has 0 aromatic carbocycles. The molecule has 28 heavy (non-hydrogen) atoms. The number of rotatable bonds is 12. The molecule has 9 heteroatoms. The summed E-state index contributed by atoms with van der Waals surface area (Å²) in [5.74, 6) is -1.92. The first kappa shape index (κ1) is 25.2. The van der Waals surface area contributed by atoms with E-state index in [9.17, 15) is 19.2 Å². The van der Waals surface area contributed by atoms with Gasteiger partial charge in [-0.15, -0.1) is 0 Å². The van der Waals surface area contributed by atoms with Gasteiger partial charge in [0.1, 0.15) is 32.0 Å². The van der Waals surface area contributed by atoms with Gasteiger partial charge in [-0.3, -0.25) is 4.79 Å². The maximum Gasteiger partial charge on any atom is 0.407 e. The second kappa shape index (κ2) is 12.5. The third kappa shape index (κ3) is 10.3. The molecule has 0 saturated carbocycles. The lowest BCUT2D eigenvalue weighted by Gasteiger charge is -2.29. The van der Waals surface area contributed by atoms with Gasteiger partial charge in [0, 0.05) is 12.2 Å². The average molecular weight is 399 g/mol. The lowest BCUT2D eigenvalue weighted by Crippen LogP contribution is -2.53. The van der Waals surface area contributed by atoms with Crippen LogP contribution in [0.5, 0.6) is 0 Å². The molecule has 0 saturated heterocycles. The number of nitrogens with one attached hydrogen (secondary N) is 1. The molecule has 9 nitrogen and oxygen atoms in total. The second-order valence-electron chi connectivity index (χ2n) is 6.65. The van der Waals surface area contributed by atoms with E-state index in [0.717, 1.165) is 12.2 Å². The fourth-order valence-electron chi connectivity index (χ4n) is 1.66. The van der Waals surface area contributed by atoms with Crippen molar-refractivity contribution in [3.63, 3.8) is 0 Å². The predicted octanol–water partition coefficient (Wildman–Crippen LogP) is 1.76. The molecular formula is C19H29NO8. The fourth-order valence-corrected chi connectivity index (χ4v) is 1.66. The van der Waals surface area contributed by atoms with E-state index in [-0.39, 0.29) is 44.2 Å². The number of alkyl carbamates (subject to hydrolysis) is 1. The quantitative estimate of drug-likeness (QED) is 0.228. The second-order valence-corrected chi connectivity index (χ2v) is 6.65. The summed E-state index contributed by atoms with van der Waals surface area (Å²) in [5.41, 5.74) is -1.25. The van der Waals surface area contributed by atoms with Crippen molar-refractivity contribution in [2.24, 2.45) is 11.8 Å². The molecule has 1 amide bonds. The summed E-state index contributed by atoms with van der Waals surface area (Å²) in [6.07, 6.45) is 1.06. The highest BCUT2D eigenvalue weighted by Crippen LogP contribution is 2.11. The standard InChI is InChI=1S/C19H29NO8/c1-7-15(21)27-11-19(6,12-28-16(22)8-2)20-18(24)26-10-9-25-17(23)14(5)13(3)4/h7-8,13-14H,1-2,9-12H2,3-6H3,(H,20,24). The van der Waals surface area contributed by atoms with Crippen LogP contribution in [0, 0.1) is 11.8 Å². The van der Waals surface area contributed by atoms with Gasteiger partial charge in [-0.05, 0) is 12.8 Å². The molecule has 0 aliphatic carbocycles. The topological polar surface area (TPSA) is 117 Å². The summed E-state index contributed by atoms with van der Waals surface area (Å²) in [6.45, 7) is 12.7. The van der Waals surface area contributed by atoms with Crippen molar-refractivity contribution in [2.45, 2.75) is 33.2 Å². The van der Waals surface area contributed by atoms with E-state index in [1.807, 2.05) is 13.8 Å². The third-order valence-electron chi connectivity index (χ3n) is 3.74. The molecule has 158 valence electrons. The molecule has 0 aliphatic rings. The Balaban J connectivity index is 4.58. The molecule has 0 rings (SSSR count). The summed E-state index contributed by atoms with van der Waals surface area (Å²) in [4.78, 5) is 46.2. The first-order chi connectivity index (χ1) is 13.0. The molecule has 0 aromatic heterocycles.